The predicted octanol–water partition coefficient (Wildman–Crippen LogP) is 1.78. The zero-order chi connectivity index (χ0) is 18.1. The zero-order valence-corrected chi connectivity index (χ0v) is 15.3. The van der Waals surface area contributed by atoms with Gasteiger partial charge in [0.05, 0.1) is 25.6 Å². The molecule has 0 aliphatic carbocycles. The van der Waals surface area contributed by atoms with Crippen molar-refractivity contribution in [2.24, 2.45) is 17.8 Å². The van der Waals surface area contributed by atoms with Crippen LogP contribution in [0.3, 0.4) is 0 Å². The number of imide groups is 1. The van der Waals surface area contributed by atoms with Gasteiger partial charge in [-0.15, -0.1) is 0 Å². The standard InChI is InChI=1S/C19H26N2O4/c1-12(2)11-25-16-6-5-13(7-17(16)24-4)8-21-9-14-15(10-21)19(23)20(3)18(14)22/h5-7,12,14-15H,8-11H2,1-4H3/t14-,15+. The van der Waals surface area contributed by atoms with E-state index < -0.39 is 0 Å². The fraction of sp³-hybridized carbons (Fsp3) is 0.579. The van der Waals surface area contributed by atoms with E-state index in [4.69, 9.17) is 9.47 Å². The normalized spacial score (nSPS) is 23.5. The zero-order valence-electron chi connectivity index (χ0n) is 15.3. The van der Waals surface area contributed by atoms with Crippen molar-refractivity contribution in [3.05, 3.63) is 23.8 Å². The number of carbonyl (C=O) groups excluding carboxylic acids is 2. The second kappa shape index (κ2) is 7.04. The largest absolute Gasteiger partial charge is 0.493 e. The quantitative estimate of drug-likeness (QED) is 0.735. The first-order chi connectivity index (χ1) is 11.9. The molecule has 0 radical (unpaired) electrons. The highest BCUT2D eigenvalue weighted by Gasteiger charge is 2.50. The van der Waals surface area contributed by atoms with E-state index in [1.54, 1.807) is 14.2 Å². The number of hydrogen-bond acceptors (Lipinski definition) is 5. The van der Waals surface area contributed by atoms with Crippen LogP contribution in [0.15, 0.2) is 18.2 Å². The van der Waals surface area contributed by atoms with E-state index in [0.29, 0.717) is 37.9 Å². The Balaban J connectivity index is 1.66. The highest BCUT2D eigenvalue weighted by Crippen LogP contribution is 2.34. The minimum atomic E-state index is -0.187. The van der Waals surface area contributed by atoms with Gasteiger partial charge in [-0.25, -0.2) is 0 Å². The summed E-state index contributed by atoms with van der Waals surface area (Å²) < 4.78 is 11.2. The van der Waals surface area contributed by atoms with Crippen molar-refractivity contribution in [3.8, 4) is 11.5 Å². The van der Waals surface area contributed by atoms with Crippen molar-refractivity contribution < 1.29 is 19.1 Å². The van der Waals surface area contributed by atoms with Crippen LogP contribution in [0.1, 0.15) is 19.4 Å². The maximum atomic E-state index is 12.1. The van der Waals surface area contributed by atoms with Gasteiger partial charge in [0.15, 0.2) is 11.5 Å². The third-order valence-electron chi connectivity index (χ3n) is 4.90. The van der Waals surface area contributed by atoms with Gasteiger partial charge in [0.25, 0.3) is 0 Å². The van der Waals surface area contributed by atoms with Crippen molar-refractivity contribution in [3.63, 3.8) is 0 Å². The summed E-state index contributed by atoms with van der Waals surface area (Å²) in [5.74, 6) is 1.43. The summed E-state index contributed by atoms with van der Waals surface area (Å²) in [4.78, 5) is 27.7. The number of carbonyl (C=O) groups is 2. The number of amides is 2. The maximum absolute atomic E-state index is 12.1. The molecule has 1 aromatic rings. The third-order valence-corrected chi connectivity index (χ3v) is 4.90. The molecule has 0 N–H and O–H groups in total. The van der Waals surface area contributed by atoms with Gasteiger partial charge in [0.1, 0.15) is 0 Å². The van der Waals surface area contributed by atoms with Gasteiger partial charge in [-0.05, 0) is 23.6 Å². The Kier molecular flexibility index (Phi) is 4.99. The third kappa shape index (κ3) is 3.49. The fourth-order valence-electron chi connectivity index (χ4n) is 3.57. The molecular weight excluding hydrogens is 320 g/mol. The lowest BCUT2D eigenvalue weighted by atomic mass is 10.00. The molecule has 25 heavy (non-hydrogen) atoms. The number of hydrogen-bond donors (Lipinski definition) is 0. The Morgan fingerprint density at radius 1 is 1.12 bits per heavy atom. The molecule has 1 aromatic carbocycles. The van der Waals surface area contributed by atoms with E-state index in [1.807, 2.05) is 18.2 Å². The SMILES string of the molecule is COc1cc(CN2C[C@@H]3C(=O)N(C)C(=O)[C@@H]3C2)ccc1OCC(C)C. The monoisotopic (exact) mass is 346 g/mol. The molecule has 2 aliphatic heterocycles. The Morgan fingerprint density at radius 2 is 1.76 bits per heavy atom. The second-order valence-corrected chi connectivity index (χ2v) is 7.33. The number of benzene rings is 1. The average Bonchev–Trinajstić information content (AvgIpc) is 3.09. The van der Waals surface area contributed by atoms with Gasteiger partial charge in [0, 0.05) is 26.7 Å². The van der Waals surface area contributed by atoms with Gasteiger partial charge in [-0.3, -0.25) is 19.4 Å². The maximum Gasteiger partial charge on any atom is 0.234 e. The van der Waals surface area contributed by atoms with Crippen LogP contribution in [0.5, 0.6) is 11.5 Å². The summed E-state index contributed by atoms with van der Waals surface area (Å²) in [6.07, 6.45) is 0. The van der Waals surface area contributed by atoms with E-state index in [9.17, 15) is 9.59 Å². The van der Waals surface area contributed by atoms with Crippen molar-refractivity contribution in [1.29, 1.82) is 0 Å². The predicted molar refractivity (Wildman–Crippen MR) is 93.4 cm³/mol. The first-order valence-corrected chi connectivity index (χ1v) is 8.74. The Hall–Kier alpha value is -2.08. The number of rotatable bonds is 6. The molecule has 2 atom stereocenters. The van der Waals surface area contributed by atoms with E-state index in [-0.39, 0.29) is 23.7 Å². The van der Waals surface area contributed by atoms with Crippen LogP contribution in [0.25, 0.3) is 0 Å². The van der Waals surface area contributed by atoms with Crippen LogP contribution < -0.4 is 9.47 Å². The van der Waals surface area contributed by atoms with Crippen LogP contribution in [0.4, 0.5) is 0 Å². The molecule has 6 heteroatoms. The van der Waals surface area contributed by atoms with Crippen LogP contribution in [0.2, 0.25) is 0 Å². The molecule has 0 unspecified atom stereocenters. The smallest absolute Gasteiger partial charge is 0.234 e. The fourth-order valence-corrected chi connectivity index (χ4v) is 3.57. The molecule has 3 rings (SSSR count). The van der Waals surface area contributed by atoms with Crippen molar-refractivity contribution in [2.75, 3.05) is 33.9 Å². The molecule has 0 aromatic heterocycles. The Labute approximate surface area is 148 Å². The van der Waals surface area contributed by atoms with Crippen LogP contribution in [-0.2, 0) is 16.1 Å². The number of likely N-dealkylation sites (tertiary alicyclic amines) is 2. The second-order valence-electron chi connectivity index (χ2n) is 7.33. The van der Waals surface area contributed by atoms with Crippen LogP contribution >= 0.6 is 0 Å². The van der Waals surface area contributed by atoms with E-state index in [1.165, 1.54) is 4.90 Å². The summed E-state index contributed by atoms with van der Waals surface area (Å²) in [5, 5.41) is 0. The summed E-state index contributed by atoms with van der Waals surface area (Å²) in [7, 11) is 3.21. The Morgan fingerprint density at radius 3 is 2.32 bits per heavy atom. The number of methoxy groups -OCH3 is 1. The average molecular weight is 346 g/mol. The van der Waals surface area contributed by atoms with Gasteiger partial charge in [-0.2, -0.15) is 0 Å². The molecule has 2 amide bonds. The van der Waals surface area contributed by atoms with Gasteiger partial charge in [-0.1, -0.05) is 19.9 Å². The first kappa shape index (κ1) is 17.7. The molecule has 0 saturated carbocycles. The molecule has 2 heterocycles. The summed E-state index contributed by atoms with van der Waals surface area (Å²) >= 11 is 0. The lowest BCUT2D eigenvalue weighted by Gasteiger charge is -2.19. The molecule has 2 saturated heterocycles. The van der Waals surface area contributed by atoms with E-state index >= 15 is 0 Å². The lowest BCUT2D eigenvalue weighted by molar-refractivity contribution is -0.138. The number of nitrogens with zero attached hydrogens (tertiary/aromatic N) is 2. The summed E-state index contributed by atoms with van der Waals surface area (Å²) in [6.45, 7) is 6.80. The lowest BCUT2D eigenvalue weighted by Crippen LogP contribution is -2.32. The van der Waals surface area contributed by atoms with E-state index in [2.05, 4.69) is 18.7 Å². The highest BCUT2D eigenvalue weighted by atomic mass is 16.5. The van der Waals surface area contributed by atoms with Crippen molar-refractivity contribution >= 4 is 11.8 Å². The molecule has 2 fully saturated rings. The number of ether oxygens (including phenoxy) is 2. The van der Waals surface area contributed by atoms with Gasteiger partial charge >= 0.3 is 0 Å². The summed E-state index contributed by atoms with van der Waals surface area (Å²) in [5.41, 5.74) is 1.09. The molecule has 2 aliphatic rings. The molecule has 0 spiro atoms. The minimum Gasteiger partial charge on any atom is -0.493 e. The molecule has 0 bridgehead atoms. The van der Waals surface area contributed by atoms with Crippen LogP contribution in [-0.4, -0.2) is 55.5 Å². The number of fused-ring (bicyclic) bond motifs is 1. The minimum absolute atomic E-state index is 0.0486. The summed E-state index contributed by atoms with van der Waals surface area (Å²) in [6, 6.07) is 5.92. The van der Waals surface area contributed by atoms with Gasteiger partial charge in [0.2, 0.25) is 11.8 Å². The molecular formula is C19H26N2O4. The molecule has 136 valence electrons. The topological polar surface area (TPSA) is 59.1 Å². The first-order valence-electron chi connectivity index (χ1n) is 8.74. The van der Waals surface area contributed by atoms with Crippen LogP contribution in [0, 0.1) is 17.8 Å². The van der Waals surface area contributed by atoms with Gasteiger partial charge < -0.3 is 9.47 Å². The van der Waals surface area contributed by atoms with Crippen molar-refractivity contribution in [1.82, 2.24) is 9.80 Å². The molecule has 6 nitrogen and oxygen atoms in total. The van der Waals surface area contributed by atoms with E-state index in [0.717, 1.165) is 11.3 Å². The highest BCUT2D eigenvalue weighted by molar-refractivity contribution is 6.05. The van der Waals surface area contributed by atoms with Crippen molar-refractivity contribution in [2.45, 2.75) is 20.4 Å². The Bertz CT molecular complexity index is 649.